The van der Waals surface area contributed by atoms with Crippen molar-refractivity contribution in [2.75, 3.05) is 32.7 Å². The van der Waals surface area contributed by atoms with E-state index in [1.807, 2.05) is 0 Å². The Morgan fingerprint density at radius 2 is 1.90 bits per heavy atom. The predicted octanol–water partition coefficient (Wildman–Crippen LogP) is 2.32. The van der Waals surface area contributed by atoms with Crippen LogP contribution in [0.25, 0.3) is 0 Å². The maximum absolute atomic E-state index is 3.77. The molecule has 2 aliphatic heterocycles. The minimum absolute atomic E-state index is 0.531. The number of hydrogen-bond acceptors (Lipinski definition) is 3. The average Bonchev–Trinajstić information content (AvgIpc) is 2.88. The summed E-state index contributed by atoms with van der Waals surface area (Å²) in [7, 11) is 0. The predicted molar refractivity (Wildman–Crippen MR) is 85.1 cm³/mol. The molecule has 1 saturated carbocycles. The van der Waals surface area contributed by atoms with Gasteiger partial charge in [-0.15, -0.1) is 0 Å². The number of rotatable bonds is 3. The van der Waals surface area contributed by atoms with E-state index in [2.05, 4.69) is 35.9 Å². The summed E-state index contributed by atoms with van der Waals surface area (Å²) in [4.78, 5) is 5.56. The summed E-state index contributed by atoms with van der Waals surface area (Å²) < 4.78 is 0. The van der Waals surface area contributed by atoms with Gasteiger partial charge < -0.3 is 5.32 Å². The average molecular weight is 279 g/mol. The summed E-state index contributed by atoms with van der Waals surface area (Å²) in [6, 6.07) is 2.35. The lowest BCUT2D eigenvalue weighted by atomic mass is 9.72. The number of piperazine rings is 1. The highest BCUT2D eigenvalue weighted by atomic mass is 15.3. The van der Waals surface area contributed by atoms with Crippen molar-refractivity contribution in [2.24, 2.45) is 5.41 Å². The number of fused-ring (bicyclic) bond motifs is 1. The quantitative estimate of drug-likeness (QED) is 0.855. The topological polar surface area (TPSA) is 18.5 Å². The molecule has 0 aromatic rings. The molecule has 3 unspecified atom stereocenters. The smallest absolute Gasteiger partial charge is 0.0255 e. The van der Waals surface area contributed by atoms with Gasteiger partial charge in [0.2, 0.25) is 0 Å². The van der Waals surface area contributed by atoms with Crippen LogP contribution in [0.1, 0.15) is 52.9 Å². The molecule has 20 heavy (non-hydrogen) atoms. The molecular formula is C17H33N3. The van der Waals surface area contributed by atoms with Gasteiger partial charge in [0, 0.05) is 37.8 Å². The minimum atomic E-state index is 0.531. The second kappa shape index (κ2) is 5.94. The Morgan fingerprint density at radius 1 is 1.10 bits per heavy atom. The highest BCUT2D eigenvalue weighted by Crippen LogP contribution is 2.38. The fourth-order valence-electron chi connectivity index (χ4n) is 4.75. The summed E-state index contributed by atoms with van der Waals surface area (Å²) in [6.45, 7) is 13.6. The molecule has 1 N–H and O–H groups in total. The largest absolute Gasteiger partial charge is 0.313 e. The fraction of sp³-hybridized carbons (Fsp3) is 1.00. The highest BCUT2D eigenvalue weighted by Gasteiger charge is 2.40. The van der Waals surface area contributed by atoms with E-state index in [0.29, 0.717) is 5.41 Å². The van der Waals surface area contributed by atoms with Crippen molar-refractivity contribution in [2.45, 2.75) is 71.0 Å². The Morgan fingerprint density at radius 3 is 2.70 bits per heavy atom. The molecule has 2 saturated heterocycles. The number of nitrogens with one attached hydrogen (secondary N) is 1. The van der Waals surface area contributed by atoms with Gasteiger partial charge in [0.1, 0.15) is 0 Å². The molecule has 3 rings (SSSR count). The van der Waals surface area contributed by atoms with Crippen LogP contribution in [0.4, 0.5) is 0 Å². The maximum Gasteiger partial charge on any atom is 0.0255 e. The summed E-state index contributed by atoms with van der Waals surface area (Å²) in [5, 5.41) is 3.77. The van der Waals surface area contributed by atoms with Crippen molar-refractivity contribution in [3.63, 3.8) is 0 Å². The van der Waals surface area contributed by atoms with Crippen molar-refractivity contribution in [3.05, 3.63) is 0 Å². The van der Waals surface area contributed by atoms with E-state index < -0.39 is 0 Å². The molecule has 3 atom stereocenters. The minimum Gasteiger partial charge on any atom is -0.313 e. The van der Waals surface area contributed by atoms with Crippen LogP contribution in [-0.2, 0) is 0 Å². The molecule has 0 radical (unpaired) electrons. The molecule has 0 spiro atoms. The SMILES string of the molecule is CCNC1CCC(C)(C)CC1N1CCN2CCCC2C1. The van der Waals surface area contributed by atoms with E-state index in [1.54, 1.807) is 0 Å². The number of likely N-dealkylation sites (N-methyl/N-ethyl adjacent to an activating group) is 1. The van der Waals surface area contributed by atoms with Crippen molar-refractivity contribution in [1.29, 1.82) is 0 Å². The van der Waals surface area contributed by atoms with Gasteiger partial charge in [-0.1, -0.05) is 20.8 Å². The first-order valence-electron chi connectivity index (χ1n) is 8.80. The van der Waals surface area contributed by atoms with E-state index in [1.165, 1.54) is 58.3 Å². The Hall–Kier alpha value is -0.120. The number of hydrogen-bond donors (Lipinski definition) is 1. The van der Waals surface area contributed by atoms with Crippen LogP contribution in [0.5, 0.6) is 0 Å². The van der Waals surface area contributed by atoms with Gasteiger partial charge in [-0.3, -0.25) is 9.80 Å². The summed E-state index contributed by atoms with van der Waals surface area (Å²) in [5.41, 5.74) is 0.531. The third-order valence-corrected chi connectivity index (χ3v) is 5.91. The van der Waals surface area contributed by atoms with Gasteiger partial charge in [0.05, 0.1) is 0 Å². The van der Waals surface area contributed by atoms with Gasteiger partial charge in [-0.25, -0.2) is 0 Å². The molecule has 0 aromatic carbocycles. The van der Waals surface area contributed by atoms with Crippen LogP contribution in [0.2, 0.25) is 0 Å². The lowest BCUT2D eigenvalue weighted by Crippen LogP contribution is -2.60. The molecule has 116 valence electrons. The zero-order chi connectivity index (χ0) is 14.2. The van der Waals surface area contributed by atoms with Crippen LogP contribution in [-0.4, -0.2) is 60.6 Å². The van der Waals surface area contributed by atoms with E-state index in [9.17, 15) is 0 Å². The third kappa shape index (κ3) is 3.05. The monoisotopic (exact) mass is 279 g/mol. The fourth-order valence-corrected chi connectivity index (χ4v) is 4.75. The van der Waals surface area contributed by atoms with Crippen molar-refractivity contribution in [3.8, 4) is 0 Å². The van der Waals surface area contributed by atoms with Crippen molar-refractivity contribution < 1.29 is 0 Å². The van der Waals surface area contributed by atoms with Gasteiger partial charge in [-0.05, 0) is 50.6 Å². The molecule has 3 heteroatoms. The first kappa shape index (κ1) is 14.8. The number of nitrogens with zero attached hydrogens (tertiary/aromatic N) is 2. The molecule has 0 bridgehead atoms. The molecule has 3 fully saturated rings. The molecule has 2 heterocycles. The molecule has 3 nitrogen and oxygen atoms in total. The van der Waals surface area contributed by atoms with Gasteiger partial charge in [-0.2, -0.15) is 0 Å². The summed E-state index contributed by atoms with van der Waals surface area (Å²) >= 11 is 0. The lowest BCUT2D eigenvalue weighted by molar-refractivity contribution is 0.0155. The highest BCUT2D eigenvalue weighted by molar-refractivity contribution is 4.98. The Kier molecular flexibility index (Phi) is 4.40. The summed E-state index contributed by atoms with van der Waals surface area (Å²) in [6.07, 6.45) is 6.96. The van der Waals surface area contributed by atoms with E-state index in [4.69, 9.17) is 0 Å². The summed E-state index contributed by atoms with van der Waals surface area (Å²) in [5.74, 6) is 0. The standard InChI is InChI=1S/C17H33N3/c1-4-18-15-7-8-17(2,3)12-16(15)20-11-10-19-9-5-6-14(19)13-20/h14-16,18H,4-13H2,1-3H3. The van der Waals surface area contributed by atoms with Crippen molar-refractivity contribution >= 4 is 0 Å². The zero-order valence-electron chi connectivity index (χ0n) is 13.7. The van der Waals surface area contributed by atoms with Crippen molar-refractivity contribution in [1.82, 2.24) is 15.1 Å². The molecule has 1 aliphatic carbocycles. The van der Waals surface area contributed by atoms with Crippen LogP contribution >= 0.6 is 0 Å². The van der Waals surface area contributed by atoms with Crippen LogP contribution in [0.15, 0.2) is 0 Å². The van der Waals surface area contributed by atoms with E-state index in [-0.39, 0.29) is 0 Å². The maximum atomic E-state index is 3.77. The van der Waals surface area contributed by atoms with Crippen LogP contribution < -0.4 is 5.32 Å². The van der Waals surface area contributed by atoms with Gasteiger partial charge in [0.25, 0.3) is 0 Å². The van der Waals surface area contributed by atoms with E-state index in [0.717, 1.165) is 24.7 Å². The lowest BCUT2D eigenvalue weighted by Gasteiger charge is -2.49. The van der Waals surface area contributed by atoms with Gasteiger partial charge in [0.15, 0.2) is 0 Å². The Balaban J connectivity index is 1.68. The molecule has 0 amide bonds. The second-order valence-corrected chi connectivity index (χ2v) is 7.97. The molecule has 0 aromatic heterocycles. The third-order valence-electron chi connectivity index (χ3n) is 5.91. The van der Waals surface area contributed by atoms with E-state index >= 15 is 0 Å². The van der Waals surface area contributed by atoms with Crippen LogP contribution in [0.3, 0.4) is 0 Å². The molecular weight excluding hydrogens is 246 g/mol. The van der Waals surface area contributed by atoms with Crippen LogP contribution in [0, 0.1) is 5.41 Å². The first-order valence-corrected chi connectivity index (χ1v) is 8.80. The second-order valence-electron chi connectivity index (χ2n) is 7.97. The first-order chi connectivity index (χ1) is 9.59. The Bertz CT molecular complexity index is 328. The molecule has 3 aliphatic rings. The zero-order valence-corrected chi connectivity index (χ0v) is 13.7. The normalized spacial score (nSPS) is 38.9. The van der Waals surface area contributed by atoms with Gasteiger partial charge >= 0.3 is 0 Å². The Labute approximate surface area is 125 Å².